The number of unbranched alkanes of at least 4 members (excludes halogenated alkanes) is 1. The van der Waals surface area contributed by atoms with Crippen molar-refractivity contribution in [3.8, 4) is 0 Å². The van der Waals surface area contributed by atoms with Gasteiger partial charge >= 0.3 is 0 Å². The summed E-state index contributed by atoms with van der Waals surface area (Å²) in [6.07, 6.45) is 2.38. The number of anilines is 1. The molecule has 2 rings (SSSR count). The largest absolute Gasteiger partial charge is 0.375 e. The number of azo groups is 1. The van der Waals surface area contributed by atoms with Gasteiger partial charge in [-0.15, -0.1) is 5.11 Å². The average Bonchev–Trinajstić information content (AvgIpc) is 2.54. The van der Waals surface area contributed by atoms with Crippen LogP contribution < -0.4 is 4.90 Å². The van der Waals surface area contributed by atoms with Crippen LogP contribution in [0, 0.1) is 0 Å². The Hall–Kier alpha value is -1.58. The first-order chi connectivity index (χ1) is 10.6. The molecule has 0 amide bonds. The molecule has 0 aromatic heterocycles. The van der Waals surface area contributed by atoms with Crippen molar-refractivity contribution in [1.29, 1.82) is 0 Å². The van der Waals surface area contributed by atoms with E-state index in [2.05, 4.69) is 29.1 Å². The topological polar surface area (TPSA) is 28.0 Å². The van der Waals surface area contributed by atoms with Gasteiger partial charge in [0.25, 0.3) is 0 Å². The Balaban J connectivity index is 2.07. The van der Waals surface area contributed by atoms with Crippen LogP contribution in [0.15, 0.2) is 52.7 Å². The van der Waals surface area contributed by atoms with Crippen molar-refractivity contribution in [2.24, 2.45) is 10.2 Å². The van der Waals surface area contributed by atoms with Gasteiger partial charge in [0.15, 0.2) is 0 Å². The Kier molecular flexibility index (Phi) is 6.22. The van der Waals surface area contributed by atoms with Crippen LogP contribution in [0.25, 0.3) is 0 Å². The lowest BCUT2D eigenvalue weighted by molar-refractivity contribution is 0.767. The molecule has 0 unspecified atom stereocenters. The summed E-state index contributed by atoms with van der Waals surface area (Å²) in [5.74, 6) is 0. The molecule has 0 radical (unpaired) electrons. The SMILES string of the molecule is CCCCN(C)c1ccc(N=Nc2cc(Cl)ccc2Cl)cc1. The van der Waals surface area contributed by atoms with Crippen LogP contribution in [0.5, 0.6) is 0 Å². The third-order valence-corrected chi connectivity index (χ3v) is 3.87. The highest BCUT2D eigenvalue weighted by atomic mass is 35.5. The predicted molar refractivity (Wildman–Crippen MR) is 95.3 cm³/mol. The standard InChI is InChI=1S/C17H19Cl2N3/c1-3-4-11-22(2)15-8-6-14(7-9-15)20-21-17-12-13(18)5-10-16(17)19/h5-10,12H,3-4,11H2,1-2H3. The second kappa shape index (κ2) is 8.16. The Bertz CT molecular complexity index is 639. The van der Waals surface area contributed by atoms with E-state index in [0.29, 0.717) is 15.7 Å². The van der Waals surface area contributed by atoms with E-state index in [9.17, 15) is 0 Å². The molecular weight excluding hydrogens is 317 g/mol. The van der Waals surface area contributed by atoms with Gasteiger partial charge < -0.3 is 4.90 Å². The van der Waals surface area contributed by atoms with Crippen molar-refractivity contribution < 1.29 is 0 Å². The molecule has 0 aliphatic carbocycles. The maximum atomic E-state index is 6.06. The van der Waals surface area contributed by atoms with Gasteiger partial charge in [0.05, 0.1) is 10.7 Å². The molecular formula is C17H19Cl2N3. The van der Waals surface area contributed by atoms with E-state index in [0.717, 1.165) is 12.2 Å². The van der Waals surface area contributed by atoms with E-state index in [4.69, 9.17) is 23.2 Å². The van der Waals surface area contributed by atoms with Crippen molar-refractivity contribution in [3.05, 3.63) is 52.5 Å². The van der Waals surface area contributed by atoms with Crippen LogP contribution >= 0.6 is 23.2 Å². The fourth-order valence-electron chi connectivity index (χ4n) is 1.97. The van der Waals surface area contributed by atoms with E-state index >= 15 is 0 Å². The van der Waals surface area contributed by atoms with E-state index in [1.54, 1.807) is 18.2 Å². The monoisotopic (exact) mass is 335 g/mol. The van der Waals surface area contributed by atoms with Gasteiger partial charge in [0.1, 0.15) is 5.69 Å². The van der Waals surface area contributed by atoms with Gasteiger partial charge in [0, 0.05) is 24.3 Å². The number of nitrogens with zero attached hydrogens (tertiary/aromatic N) is 3. The van der Waals surface area contributed by atoms with Gasteiger partial charge in [-0.1, -0.05) is 36.5 Å². The van der Waals surface area contributed by atoms with Gasteiger partial charge in [0.2, 0.25) is 0 Å². The lowest BCUT2D eigenvalue weighted by atomic mass is 10.2. The minimum atomic E-state index is 0.532. The number of hydrogen-bond donors (Lipinski definition) is 0. The molecule has 0 spiro atoms. The highest BCUT2D eigenvalue weighted by molar-refractivity contribution is 6.35. The van der Waals surface area contributed by atoms with Crippen LogP contribution in [-0.2, 0) is 0 Å². The zero-order chi connectivity index (χ0) is 15.9. The quantitative estimate of drug-likeness (QED) is 0.543. The summed E-state index contributed by atoms with van der Waals surface area (Å²) in [5, 5.41) is 9.48. The van der Waals surface area contributed by atoms with Crippen molar-refractivity contribution in [2.75, 3.05) is 18.5 Å². The zero-order valence-corrected chi connectivity index (χ0v) is 14.3. The lowest BCUT2D eigenvalue weighted by Gasteiger charge is -2.18. The third kappa shape index (κ3) is 4.72. The molecule has 0 bridgehead atoms. The number of benzene rings is 2. The number of hydrogen-bond acceptors (Lipinski definition) is 3. The van der Waals surface area contributed by atoms with Crippen LogP contribution in [0.3, 0.4) is 0 Å². The van der Waals surface area contributed by atoms with E-state index in [1.807, 2.05) is 24.3 Å². The fraction of sp³-hybridized carbons (Fsp3) is 0.294. The van der Waals surface area contributed by atoms with Gasteiger partial charge in [-0.25, -0.2) is 0 Å². The Labute approximate surface area is 141 Å². The van der Waals surface area contributed by atoms with Crippen LogP contribution in [0.2, 0.25) is 10.0 Å². The summed E-state index contributed by atoms with van der Waals surface area (Å²) in [5.41, 5.74) is 2.52. The van der Waals surface area contributed by atoms with Crippen LogP contribution in [0.4, 0.5) is 17.1 Å². The smallest absolute Gasteiger partial charge is 0.106 e. The summed E-state index contributed by atoms with van der Waals surface area (Å²) in [4.78, 5) is 2.23. The minimum absolute atomic E-state index is 0.532. The van der Waals surface area contributed by atoms with Gasteiger partial charge in [-0.3, -0.25) is 0 Å². The van der Waals surface area contributed by atoms with E-state index in [1.165, 1.54) is 18.5 Å². The second-order valence-corrected chi connectivity index (χ2v) is 5.93. The first-order valence-electron chi connectivity index (χ1n) is 7.28. The maximum Gasteiger partial charge on any atom is 0.106 e. The van der Waals surface area contributed by atoms with Crippen LogP contribution in [-0.4, -0.2) is 13.6 Å². The second-order valence-electron chi connectivity index (χ2n) is 5.09. The maximum absolute atomic E-state index is 6.06. The predicted octanol–water partition coefficient (Wildman–Crippen LogP) is 6.65. The molecule has 0 atom stereocenters. The van der Waals surface area contributed by atoms with Gasteiger partial charge in [-0.05, 0) is 48.9 Å². The average molecular weight is 336 g/mol. The summed E-state index contributed by atoms with van der Waals surface area (Å²) in [6, 6.07) is 13.1. The van der Waals surface area contributed by atoms with Crippen molar-refractivity contribution >= 4 is 40.3 Å². The van der Waals surface area contributed by atoms with Crippen molar-refractivity contribution in [3.63, 3.8) is 0 Å². The summed E-state index contributed by atoms with van der Waals surface area (Å²) >= 11 is 12.0. The molecule has 0 saturated carbocycles. The molecule has 0 saturated heterocycles. The minimum Gasteiger partial charge on any atom is -0.375 e. The van der Waals surface area contributed by atoms with Crippen LogP contribution in [0.1, 0.15) is 19.8 Å². The summed E-state index contributed by atoms with van der Waals surface area (Å²) in [6.45, 7) is 3.24. The van der Waals surface area contributed by atoms with Gasteiger partial charge in [-0.2, -0.15) is 5.11 Å². The highest BCUT2D eigenvalue weighted by Crippen LogP contribution is 2.30. The Morgan fingerprint density at radius 2 is 1.73 bits per heavy atom. The van der Waals surface area contributed by atoms with Crippen molar-refractivity contribution in [1.82, 2.24) is 0 Å². The Morgan fingerprint density at radius 1 is 1.00 bits per heavy atom. The molecule has 0 heterocycles. The molecule has 0 aliphatic rings. The number of halogens is 2. The first kappa shape index (κ1) is 16.8. The third-order valence-electron chi connectivity index (χ3n) is 3.32. The molecule has 2 aromatic carbocycles. The summed E-state index contributed by atoms with van der Waals surface area (Å²) < 4.78 is 0. The summed E-state index contributed by atoms with van der Waals surface area (Å²) in [7, 11) is 2.10. The molecule has 0 fully saturated rings. The molecule has 5 heteroatoms. The molecule has 2 aromatic rings. The normalized spacial score (nSPS) is 11.1. The molecule has 22 heavy (non-hydrogen) atoms. The molecule has 3 nitrogen and oxygen atoms in total. The molecule has 116 valence electrons. The highest BCUT2D eigenvalue weighted by Gasteiger charge is 2.01. The van der Waals surface area contributed by atoms with Crippen molar-refractivity contribution in [2.45, 2.75) is 19.8 Å². The first-order valence-corrected chi connectivity index (χ1v) is 8.03. The fourth-order valence-corrected chi connectivity index (χ4v) is 2.29. The van der Waals surface area contributed by atoms with E-state index in [-0.39, 0.29) is 0 Å². The number of rotatable bonds is 6. The Morgan fingerprint density at radius 3 is 2.41 bits per heavy atom. The lowest BCUT2D eigenvalue weighted by Crippen LogP contribution is -2.17. The molecule has 0 N–H and O–H groups in total. The van der Waals surface area contributed by atoms with E-state index < -0.39 is 0 Å². The molecule has 0 aliphatic heterocycles. The zero-order valence-electron chi connectivity index (χ0n) is 12.8.